The van der Waals surface area contributed by atoms with Gasteiger partial charge in [-0.1, -0.05) is 30.6 Å². The summed E-state index contributed by atoms with van der Waals surface area (Å²) in [5.41, 5.74) is 2.04. The van der Waals surface area contributed by atoms with Gasteiger partial charge in [-0.05, 0) is 44.4 Å². The topological polar surface area (TPSA) is 76.3 Å². The van der Waals surface area contributed by atoms with Crippen LogP contribution in [0.25, 0.3) is 22.4 Å². The van der Waals surface area contributed by atoms with Gasteiger partial charge in [0.15, 0.2) is 0 Å². The van der Waals surface area contributed by atoms with E-state index in [-0.39, 0.29) is 0 Å². The van der Waals surface area contributed by atoms with Crippen LogP contribution in [0.2, 0.25) is 0 Å². The maximum atomic E-state index is 5.50. The molecule has 4 rings (SSSR count). The first-order valence-electron chi connectivity index (χ1n) is 10.5. The fraction of sp³-hybridized carbons (Fsp3) is 0.500. The van der Waals surface area contributed by atoms with Gasteiger partial charge in [-0.15, -0.1) is 0 Å². The fourth-order valence-electron chi connectivity index (χ4n) is 4.25. The highest BCUT2D eigenvalue weighted by Crippen LogP contribution is 2.36. The molecule has 1 fully saturated rings. The first-order chi connectivity index (χ1) is 14.3. The molecule has 0 saturated carbocycles. The molecule has 0 aliphatic carbocycles. The van der Waals surface area contributed by atoms with Crippen molar-refractivity contribution in [1.29, 1.82) is 0 Å². The molecule has 3 aromatic rings. The average molecular weight is 396 g/mol. The summed E-state index contributed by atoms with van der Waals surface area (Å²) in [6.45, 7) is 5.47. The number of aromatic nitrogens is 3. The molecule has 0 bridgehead atoms. The predicted molar refractivity (Wildman–Crippen MR) is 114 cm³/mol. The van der Waals surface area contributed by atoms with E-state index in [1.807, 2.05) is 24.3 Å². The van der Waals surface area contributed by atoms with Crippen molar-refractivity contribution in [2.24, 2.45) is 0 Å². The predicted octanol–water partition coefficient (Wildman–Crippen LogP) is 4.36. The lowest BCUT2D eigenvalue weighted by Gasteiger charge is -2.35. The molecule has 154 valence electrons. The Morgan fingerprint density at radius 3 is 3.00 bits per heavy atom. The molecule has 0 unspecified atom stereocenters. The molecular formula is C22H29N5O2. The van der Waals surface area contributed by atoms with Crippen LogP contribution in [-0.4, -0.2) is 52.8 Å². The Balaban J connectivity index is 1.49. The van der Waals surface area contributed by atoms with E-state index in [9.17, 15) is 0 Å². The zero-order valence-electron chi connectivity index (χ0n) is 17.2. The Kier molecular flexibility index (Phi) is 6.24. The summed E-state index contributed by atoms with van der Waals surface area (Å²) < 4.78 is 11.0. The molecular weight excluding hydrogens is 366 g/mol. The zero-order valence-corrected chi connectivity index (χ0v) is 17.2. The van der Waals surface area contributed by atoms with E-state index in [2.05, 4.69) is 32.3 Å². The molecule has 0 spiro atoms. The summed E-state index contributed by atoms with van der Waals surface area (Å²) in [6.07, 6.45) is 7.84. The van der Waals surface area contributed by atoms with Crippen molar-refractivity contribution in [2.45, 2.75) is 45.1 Å². The molecule has 0 amide bonds. The van der Waals surface area contributed by atoms with Crippen LogP contribution in [-0.2, 0) is 0 Å². The third kappa shape index (κ3) is 4.19. The van der Waals surface area contributed by atoms with E-state index in [0.29, 0.717) is 11.4 Å². The van der Waals surface area contributed by atoms with Crippen molar-refractivity contribution >= 4 is 16.9 Å². The third-order valence-corrected chi connectivity index (χ3v) is 5.77. The lowest BCUT2D eigenvalue weighted by Crippen LogP contribution is -2.40. The van der Waals surface area contributed by atoms with Gasteiger partial charge in [0, 0.05) is 24.7 Å². The number of nitrogens with one attached hydrogen (secondary N) is 1. The first kappa shape index (κ1) is 19.6. The number of methoxy groups -OCH3 is 1. The highest BCUT2D eigenvalue weighted by atomic mass is 16.5. The van der Waals surface area contributed by atoms with Crippen molar-refractivity contribution in [3.63, 3.8) is 0 Å². The van der Waals surface area contributed by atoms with Crippen LogP contribution >= 0.6 is 0 Å². The van der Waals surface area contributed by atoms with Crippen LogP contribution < -0.4 is 10.1 Å². The van der Waals surface area contributed by atoms with Gasteiger partial charge in [0.1, 0.15) is 29.0 Å². The summed E-state index contributed by atoms with van der Waals surface area (Å²) in [7, 11) is 1.65. The van der Waals surface area contributed by atoms with Gasteiger partial charge >= 0.3 is 0 Å². The summed E-state index contributed by atoms with van der Waals surface area (Å²) in [5, 5.41) is 8.52. The van der Waals surface area contributed by atoms with Gasteiger partial charge in [-0.2, -0.15) is 4.98 Å². The van der Waals surface area contributed by atoms with Crippen molar-refractivity contribution in [2.75, 3.05) is 32.1 Å². The number of piperidine rings is 1. The normalized spacial score (nSPS) is 17.5. The highest BCUT2D eigenvalue weighted by Gasteiger charge is 2.21. The summed E-state index contributed by atoms with van der Waals surface area (Å²) in [4.78, 5) is 11.3. The number of likely N-dealkylation sites (tertiary alicyclic amines) is 1. The monoisotopic (exact) mass is 395 g/mol. The van der Waals surface area contributed by atoms with Crippen molar-refractivity contribution in [3.05, 3.63) is 30.6 Å². The van der Waals surface area contributed by atoms with Gasteiger partial charge < -0.3 is 19.5 Å². The smallest absolute Gasteiger partial charge is 0.263 e. The largest absolute Gasteiger partial charge is 0.496 e. The molecule has 1 atom stereocenters. The zero-order chi connectivity index (χ0) is 20.1. The molecule has 7 nitrogen and oxygen atoms in total. The number of hydrogen-bond donors (Lipinski definition) is 1. The number of rotatable bonds is 8. The molecule has 3 heterocycles. The third-order valence-electron chi connectivity index (χ3n) is 5.77. The highest BCUT2D eigenvalue weighted by molar-refractivity contribution is 5.98. The SMILES string of the molecule is CC[C@H]1CCCCN1CCCNc1ncnc2onc(-c3ccccc3OC)c12. The molecule has 1 aliphatic rings. The van der Waals surface area contributed by atoms with Gasteiger partial charge in [-0.3, -0.25) is 0 Å². The second kappa shape index (κ2) is 9.22. The Hall–Kier alpha value is -2.67. The molecule has 2 aromatic heterocycles. The molecule has 1 N–H and O–H groups in total. The van der Waals surface area contributed by atoms with Crippen molar-refractivity contribution in [3.8, 4) is 17.0 Å². The Labute approximate surface area is 171 Å². The molecule has 1 saturated heterocycles. The fourth-order valence-corrected chi connectivity index (χ4v) is 4.25. The van der Waals surface area contributed by atoms with Crippen molar-refractivity contribution < 1.29 is 9.26 Å². The lowest BCUT2D eigenvalue weighted by molar-refractivity contribution is 0.144. The Bertz CT molecular complexity index is 942. The molecule has 7 heteroatoms. The minimum absolute atomic E-state index is 0.477. The summed E-state index contributed by atoms with van der Waals surface area (Å²) >= 11 is 0. The number of nitrogens with zero attached hydrogens (tertiary/aromatic N) is 4. The number of benzene rings is 1. The van der Waals surface area contributed by atoms with E-state index < -0.39 is 0 Å². The molecule has 1 aromatic carbocycles. The van der Waals surface area contributed by atoms with Crippen molar-refractivity contribution in [1.82, 2.24) is 20.0 Å². The van der Waals surface area contributed by atoms with E-state index in [1.165, 1.54) is 38.6 Å². The maximum Gasteiger partial charge on any atom is 0.263 e. The Morgan fingerprint density at radius 2 is 2.14 bits per heavy atom. The van der Waals surface area contributed by atoms with E-state index >= 15 is 0 Å². The quantitative estimate of drug-likeness (QED) is 0.568. The minimum Gasteiger partial charge on any atom is -0.496 e. The first-order valence-corrected chi connectivity index (χ1v) is 10.5. The maximum absolute atomic E-state index is 5.50. The summed E-state index contributed by atoms with van der Waals surface area (Å²) in [5.74, 6) is 1.50. The van der Waals surface area contributed by atoms with Crippen LogP contribution in [0.1, 0.15) is 39.0 Å². The van der Waals surface area contributed by atoms with E-state index in [1.54, 1.807) is 7.11 Å². The number of para-hydroxylation sites is 1. The molecule has 0 radical (unpaired) electrons. The van der Waals surface area contributed by atoms with Crippen LogP contribution in [0.5, 0.6) is 5.75 Å². The minimum atomic E-state index is 0.477. The second-order valence-corrected chi connectivity index (χ2v) is 7.51. The van der Waals surface area contributed by atoms with E-state index in [0.717, 1.165) is 48.1 Å². The average Bonchev–Trinajstić information content (AvgIpc) is 3.21. The van der Waals surface area contributed by atoms with Gasteiger partial charge in [-0.25, -0.2) is 4.98 Å². The number of anilines is 1. The molecule has 29 heavy (non-hydrogen) atoms. The lowest BCUT2D eigenvalue weighted by atomic mass is 10.00. The van der Waals surface area contributed by atoms with Gasteiger partial charge in [0.05, 0.1) is 7.11 Å². The van der Waals surface area contributed by atoms with Crippen LogP contribution in [0.3, 0.4) is 0 Å². The number of ether oxygens (including phenoxy) is 1. The summed E-state index contributed by atoms with van der Waals surface area (Å²) in [6, 6.07) is 8.51. The van der Waals surface area contributed by atoms with Crippen LogP contribution in [0.15, 0.2) is 35.1 Å². The standard InChI is InChI=1S/C22H29N5O2/c1-3-16-9-6-7-13-27(16)14-8-12-23-21-19-20(26-29-22(19)25-15-24-21)17-10-4-5-11-18(17)28-2/h4-5,10-11,15-16H,3,6-9,12-14H2,1-2H3,(H,23,24,25)/t16-/m0/s1. The molecule has 1 aliphatic heterocycles. The van der Waals surface area contributed by atoms with Crippen LogP contribution in [0.4, 0.5) is 5.82 Å². The second-order valence-electron chi connectivity index (χ2n) is 7.51. The Morgan fingerprint density at radius 1 is 1.24 bits per heavy atom. The number of fused-ring (bicyclic) bond motifs is 1. The van der Waals surface area contributed by atoms with E-state index in [4.69, 9.17) is 9.26 Å². The van der Waals surface area contributed by atoms with Gasteiger partial charge in [0.2, 0.25) is 0 Å². The number of hydrogen-bond acceptors (Lipinski definition) is 7. The van der Waals surface area contributed by atoms with Crippen LogP contribution in [0, 0.1) is 0 Å². The van der Waals surface area contributed by atoms with Gasteiger partial charge in [0.25, 0.3) is 5.71 Å².